The number of imide groups is 1. The number of carbonyl (C=O) groups is 3. The lowest BCUT2D eigenvalue weighted by molar-refractivity contribution is -0.121. The summed E-state index contributed by atoms with van der Waals surface area (Å²) in [5, 5.41) is -0.241. The number of anilines is 1. The Morgan fingerprint density at radius 3 is 2.72 bits per heavy atom. The van der Waals surface area contributed by atoms with Crippen molar-refractivity contribution in [2.24, 2.45) is 0 Å². The van der Waals surface area contributed by atoms with Crippen LogP contribution in [0.5, 0.6) is 5.75 Å². The largest absolute Gasteiger partial charge is 0.494 e. The number of thiophene rings is 1. The summed E-state index contributed by atoms with van der Waals surface area (Å²) in [6.45, 7) is 8.11. The van der Waals surface area contributed by atoms with Gasteiger partial charge in [-0.05, 0) is 51.5 Å². The highest BCUT2D eigenvalue weighted by atomic mass is 32.2. The van der Waals surface area contributed by atoms with Crippen molar-refractivity contribution in [3.05, 3.63) is 34.2 Å². The van der Waals surface area contributed by atoms with Crippen molar-refractivity contribution in [2.45, 2.75) is 43.7 Å². The van der Waals surface area contributed by atoms with E-state index in [1.54, 1.807) is 13.8 Å². The van der Waals surface area contributed by atoms with Crippen LogP contribution < -0.4 is 9.64 Å². The number of carbonyl (C=O) groups excluding carboxylic acids is 3. The van der Waals surface area contributed by atoms with Gasteiger partial charge in [-0.15, -0.1) is 22.7 Å². The van der Waals surface area contributed by atoms with Crippen LogP contribution in [0.25, 0.3) is 10.2 Å². The fourth-order valence-electron chi connectivity index (χ4n) is 3.43. The summed E-state index contributed by atoms with van der Waals surface area (Å²) in [5.74, 6) is -0.397. The SMILES string of the molecule is CCOC(=O)c1c(N2C(=O)C[C@@H](Sc3nc4ccc(OCC)cc4s3)C2=O)sc(C)c1C. The fourth-order valence-corrected chi connectivity index (χ4v) is 6.96. The van der Waals surface area contributed by atoms with Crippen molar-refractivity contribution in [1.82, 2.24) is 4.98 Å². The average Bonchev–Trinajstić information content (AvgIpc) is 3.36. The summed E-state index contributed by atoms with van der Waals surface area (Å²) in [4.78, 5) is 45.2. The summed E-state index contributed by atoms with van der Waals surface area (Å²) in [6.07, 6.45) is 0.0574. The number of amides is 2. The molecule has 1 atom stereocenters. The molecule has 168 valence electrons. The average molecular weight is 491 g/mol. The van der Waals surface area contributed by atoms with E-state index in [4.69, 9.17) is 9.47 Å². The van der Waals surface area contributed by atoms with Crippen molar-refractivity contribution in [2.75, 3.05) is 18.1 Å². The highest BCUT2D eigenvalue weighted by molar-refractivity contribution is 8.02. The van der Waals surface area contributed by atoms with Crippen LogP contribution in [-0.4, -0.2) is 41.2 Å². The van der Waals surface area contributed by atoms with Crippen LogP contribution in [-0.2, 0) is 14.3 Å². The lowest BCUT2D eigenvalue weighted by Gasteiger charge is -2.14. The first-order valence-electron chi connectivity index (χ1n) is 10.2. The Balaban J connectivity index is 1.60. The third-order valence-electron chi connectivity index (χ3n) is 5.05. The molecule has 1 saturated heterocycles. The summed E-state index contributed by atoms with van der Waals surface area (Å²) in [7, 11) is 0. The Morgan fingerprint density at radius 2 is 2.00 bits per heavy atom. The number of thioether (sulfide) groups is 1. The predicted octanol–water partition coefficient (Wildman–Crippen LogP) is 4.97. The van der Waals surface area contributed by atoms with Crippen molar-refractivity contribution >= 4 is 67.4 Å². The number of fused-ring (bicyclic) bond motifs is 1. The maximum Gasteiger partial charge on any atom is 0.341 e. The number of thiazole rings is 1. The fraction of sp³-hybridized carbons (Fsp3) is 0.364. The van der Waals surface area contributed by atoms with Crippen LogP contribution in [0.1, 0.15) is 41.1 Å². The molecule has 1 fully saturated rings. The topological polar surface area (TPSA) is 85.8 Å². The lowest BCUT2D eigenvalue weighted by Crippen LogP contribution is -2.31. The Morgan fingerprint density at radius 1 is 1.22 bits per heavy atom. The maximum atomic E-state index is 13.2. The minimum Gasteiger partial charge on any atom is -0.494 e. The van der Waals surface area contributed by atoms with Crippen LogP contribution in [0.2, 0.25) is 0 Å². The molecule has 10 heteroatoms. The van der Waals surface area contributed by atoms with E-state index in [0.29, 0.717) is 21.5 Å². The van der Waals surface area contributed by atoms with Crippen molar-refractivity contribution < 1.29 is 23.9 Å². The van der Waals surface area contributed by atoms with Gasteiger partial charge in [0.25, 0.3) is 0 Å². The zero-order valence-electron chi connectivity index (χ0n) is 18.1. The summed E-state index contributed by atoms with van der Waals surface area (Å²) >= 11 is 4.01. The van der Waals surface area contributed by atoms with Crippen LogP contribution in [0.4, 0.5) is 5.00 Å². The summed E-state index contributed by atoms with van der Waals surface area (Å²) in [5.41, 5.74) is 1.85. The Kier molecular flexibility index (Phi) is 6.55. The number of hydrogen-bond donors (Lipinski definition) is 0. The molecular weight excluding hydrogens is 468 g/mol. The number of ether oxygens (including phenoxy) is 2. The van der Waals surface area contributed by atoms with E-state index >= 15 is 0 Å². The van der Waals surface area contributed by atoms with Crippen LogP contribution in [0.3, 0.4) is 0 Å². The molecule has 0 aliphatic carbocycles. The first-order valence-corrected chi connectivity index (χ1v) is 12.7. The van der Waals surface area contributed by atoms with Crippen molar-refractivity contribution in [1.29, 1.82) is 0 Å². The third-order valence-corrected chi connectivity index (χ3v) is 8.54. The van der Waals surface area contributed by atoms with Gasteiger partial charge in [0.1, 0.15) is 16.0 Å². The van der Waals surface area contributed by atoms with Gasteiger partial charge in [0.15, 0.2) is 4.34 Å². The first-order chi connectivity index (χ1) is 15.3. The Hall–Kier alpha value is -2.43. The van der Waals surface area contributed by atoms with Gasteiger partial charge in [-0.3, -0.25) is 9.59 Å². The Labute approximate surface area is 197 Å². The molecule has 32 heavy (non-hydrogen) atoms. The molecule has 0 spiro atoms. The molecule has 7 nitrogen and oxygen atoms in total. The minimum atomic E-state index is -0.591. The lowest BCUT2D eigenvalue weighted by atomic mass is 10.1. The third kappa shape index (κ3) is 4.14. The second kappa shape index (κ2) is 9.21. The van der Waals surface area contributed by atoms with Gasteiger partial charge in [-0.2, -0.15) is 0 Å². The molecule has 2 aromatic heterocycles. The minimum absolute atomic E-state index is 0.0574. The standard InChI is InChI=1S/C22H22N2O5S3/c1-5-28-13-7-8-14-15(9-13)31-22(23-14)32-16-10-17(25)24(19(16)26)20-18(21(27)29-6-2)11(3)12(4)30-20/h7-9,16H,5-6,10H2,1-4H3/t16-/m1/s1. The monoisotopic (exact) mass is 490 g/mol. The molecule has 0 saturated carbocycles. The molecule has 3 aromatic rings. The normalized spacial score (nSPS) is 16.2. The summed E-state index contributed by atoms with van der Waals surface area (Å²) < 4.78 is 12.4. The maximum absolute atomic E-state index is 13.2. The zero-order chi connectivity index (χ0) is 23.0. The number of nitrogens with zero attached hydrogens (tertiary/aromatic N) is 2. The van der Waals surface area contributed by atoms with Gasteiger partial charge in [0, 0.05) is 11.3 Å². The van der Waals surface area contributed by atoms with Crippen molar-refractivity contribution in [3.63, 3.8) is 0 Å². The van der Waals surface area contributed by atoms with E-state index in [9.17, 15) is 14.4 Å². The van der Waals surface area contributed by atoms with E-state index in [-0.39, 0.29) is 24.8 Å². The van der Waals surface area contributed by atoms with E-state index < -0.39 is 11.2 Å². The quantitative estimate of drug-likeness (QED) is 0.341. The highest BCUT2D eigenvalue weighted by Crippen LogP contribution is 2.42. The second-order valence-corrected chi connectivity index (χ2v) is 10.8. The first kappa shape index (κ1) is 22.8. The Bertz CT molecular complexity index is 1220. The number of rotatable bonds is 7. The molecule has 3 heterocycles. The number of esters is 1. The number of aromatic nitrogens is 1. The number of aryl methyl sites for hydroxylation is 1. The number of benzene rings is 1. The second-order valence-electron chi connectivity index (χ2n) is 7.10. The van der Waals surface area contributed by atoms with E-state index in [1.165, 1.54) is 34.4 Å². The van der Waals surface area contributed by atoms with Crippen LogP contribution in [0.15, 0.2) is 22.5 Å². The number of hydrogen-bond acceptors (Lipinski definition) is 9. The van der Waals surface area contributed by atoms with Crippen LogP contribution in [0, 0.1) is 13.8 Å². The molecule has 2 amide bonds. The van der Waals surface area contributed by atoms with E-state index in [2.05, 4.69) is 4.98 Å². The molecule has 1 aliphatic rings. The molecule has 0 radical (unpaired) electrons. The molecule has 4 rings (SSSR count). The van der Waals surface area contributed by atoms with Crippen LogP contribution >= 0.6 is 34.4 Å². The van der Waals surface area contributed by atoms with Crippen molar-refractivity contribution in [3.8, 4) is 5.75 Å². The molecule has 0 bridgehead atoms. The highest BCUT2D eigenvalue weighted by Gasteiger charge is 2.43. The smallest absolute Gasteiger partial charge is 0.341 e. The van der Waals surface area contributed by atoms with E-state index in [1.807, 2.05) is 32.0 Å². The molecule has 0 unspecified atom stereocenters. The van der Waals surface area contributed by atoms with Gasteiger partial charge in [0.05, 0.1) is 29.0 Å². The molecule has 1 aromatic carbocycles. The molecular formula is C22H22N2O5S3. The van der Waals surface area contributed by atoms with Gasteiger partial charge in [-0.1, -0.05) is 11.8 Å². The van der Waals surface area contributed by atoms with E-state index in [0.717, 1.165) is 31.3 Å². The van der Waals surface area contributed by atoms with Gasteiger partial charge >= 0.3 is 5.97 Å². The van der Waals surface area contributed by atoms with Gasteiger partial charge in [-0.25, -0.2) is 14.7 Å². The predicted molar refractivity (Wildman–Crippen MR) is 127 cm³/mol. The molecule has 1 aliphatic heterocycles. The zero-order valence-corrected chi connectivity index (χ0v) is 20.5. The molecule has 0 N–H and O–H groups in total. The van der Waals surface area contributed by atoms with Gasteiger partial charge < -0.3 is 9.47 Å². The summed E-state index contributed by atoms with van der Waals surface area (Å²) in [6, 6.07) is 5.68. The van der Waals surface area contributed by atoms with Gasteiger partial charge in [0.2, 0.25) is 11.8 Å².